The molecular formula is C49H50ClFN10O8. The minimum atomic E-state index is -1.06. The molecular weight excluding hydrogens is 911 g/mol. The lowest BCUT2D eigenvalue weighted by Crippen LogP contribution is -2.54. The van der Waals surface area contributed by atoms with Crippen molar-refractivity contribution < 1.29 is 43.0 Å². The Labute approximate surface area is 400 Å². The van der Waals surface area contributed by atoms with Gasteiger partial charge in [0, 0.05) is 84.0 Å². The normalized spacial score (nSPS) is 24.1. The summed E-state index contributed by atoms with van der Waals surface area (Å²) in [4.78, 5) is 94.6. The molecule has 6 aliphatic rings. The number of rotatable bonds is 9. The van der Waals surface area contributed by atoms with Crippen LogP contribution in [0.3, 0.4) is 0 Å². The zero-order chi connectivity index (χ0) is 48.1. The monoisotopic (exact) mass is 960 g/mol. The Morgan fingerprint density at radius 2 is 1.67 bits per heavy atom. The smallest absolute Gasteiger partial charge is 0.319 e. The van der Waals surface area contributed by atoms with Gasteiger partial charge < -0.3 is 25.4 Å². The third-order valence-electron chi connectivity index (χ3n) is 14.5. The quantitative estimate of drug-likeness (QED) is 0.118. The maximum atomic E-state index is 17.0. The molecule has 3 unspecified atom stereocenters. The summed E-state index contributed by atoms with van der Waals surface area (Å²) < 4.78 is 23.4. The number of likely N-dealkylation sites (tertiary alicyclic amines) is 2. The van der Waals surface area contributed by atoms with Crippen LogP contribution in [0.4, 0.5) is 15.9 Å². The van der Waals surface area contributed by atoms with Crippen LogP contribution in [0.5, 0.6) is 6.01 Å². The molecule has 2 aromatic heterocycles. The fraction of sp³-hybridized carbons (Fsp3) is 0.408. The second kappa shape index (κ2) is 19.0. The first kappa shape index (κ1) is 46.1. The molecule has 5 atom stereocenters. The van der Waals surface area contributed by atoms with Crippen LogP contribution >= 0.6 is 11.6 Å². The van der Waals surface area contributed by atoms with E-state index in [-0.39, 0.29) is 71.6 Å². The molecule has 5 amide bonds. The number of amides is 5. The van der Waals surface area contributed by atoms with Gasteiger partial charge in [-0.25, -0.2) is 4.39 Å². The van der Waals surface area contributed by atoms with Crippen LogP contribution in [0.1, 0.15) is 65.7 Å². The number of nitrogens with one attached hydrogen (secondary N) is 3. The van der Waals surface area contributed by atoms with E-state index in [1.54, 1.807) is 18.3 Å². The van der Waals surface area contributed by atoms with Crippen molar-refractivity contribution in [3.05, 3.63) is 82.8 Å². The lowest BCUT2D eigenvalue weighted by atomic mass is 9.94. The van der Waals surface area contributed by atoms with Gasteiger partial charge in [-0.1, -0.05) is 41.9 Å². The summed E-state index contributed by atoms with van der Waals surface area (Å²) in [5.74, 6) is -2.69. The van der Waals surface area contributed by atoms with E-state index in [0.29, 0.717) is 59.0 Å². The number of carbonyl (C=O) groups excluding carboxylic acids is 5. The molecule has 4 N–H and O–H groups in total. The van der Waals surface area contributed by atoms with Crippen LogP contribution in [-0.4, -0.2) is 147 Å². The zero-order valence-corrected chi connectivity index (χ0v) is 38.5. The fourth-order valence-corrected chi connectivity index (χ4v) is 11.3. The van der Waals surface area contributed by atoms with Gasteiger partial charge in [-0.2, -0.15) is 9.97 Å². The van der Waals surface area contributed by atoms with Crippen molar-refractivity contribution in [3.8, 4) is 17.3 Å². The van der Waals surface area contributed by atoms with Gasteiger partial charge in [0.25, 0.3) is 18.3 Å². The highest BCUT2D eigenvalue weighted by atomic mass is 35.5. The summed E-state index contributed by atoms with van der Waals surface area (Å²) in [7, 11) is 2.07. The van der Waals surface area contributed by atoms with Gasteiger partial charge in [0.15, 0.2) is 5.82 Å². The molecule has 5 aromatic rings. The van der Waals surface area contributed by atoms with E-state index >= 15 is 4.39 Å². The van der Waals surface area contributed by atoms with Crippen molar-refractivity contribution in [2.24, 2.45) is 5.92 Å². The second-order valence-corrected chi connectivity index (χ2v) is 19.0. The summed E-state index contributed by atoms with van der Waals surface area (Å²) >= 11 is 6.67. The zero-order valence-electron chi connectivity index (χ0n) is 37.7. The number of fused-ring (bicyclic) bond motifs is 5. The predicted molar refractivity (Wildman–Crippen MR) is 252 cm³/mol. The van der Waals surface area contributed by atoms with Crippen LogP contribution in [0.2, 0.25) is 5.02 Å². The number of pyridine rings is 1. The number of carboxylic acid groups (broad SMARTS) is 1. The highest BCUT2D eigenvalue weighted by molar-refractivity contribution is 6.36. The highest BCUT2D eigenvalue weighted by Crippen LogP contribution is 2.39. The summed E-state index contributed by atoms with van der Waals surface area (Å²) in [6.45, 7) is 3.79. The van der Waals surface area contributed by atoms with Crippen molar-refractivity contribution in [3.63, 3.8) is 0 Å². The Kier molecular flexibility index (Phi) is 12.7. The molecule has 8 heterocycles. The summed E-state index contributed by atoms with van der Waals surface area (Å²) in [5, 5.41) is 18.4. The Bertz CT molecular complexity index is 2900. The van der Waals surface area contributed by atoms with Crippen LogP contribution < -0.4 is 25.6 Å². The van der Waals surface area contributed by atoms with Gasteiger partial charge in [0.05, 0.1) is 16.5 Å². The van der Waals surface area contributed by atoms with E-state index in [4.69, 9.17) is 36.2 Å². The minimum Gasteiger partial charge on any atom is -0.483 e. The lowest BCUT2D eigenvalue weighted by molar-refractivity contribution is -0.136. The summed E-state index contributed by atoms with van der Waals surface area (Å²) in [6.07, 6.45) is 6.04. The van der Waals surface area contributed by atoms with Crippen molar-refractivity contribution in [1.82, 2.24) is 40.3 Å². The summed E-state index contributed by atoms with van der Waals surface area (Å²) in [5.41, 5.74) is 1.55. The first-order valence-corrected chi connectivity index (χ1v) is 23.6. The van der Waals surface area contributed by atoms with Crippen molar-refractivity contribution in [2.75, 3.05) is 56.6 Å². The number of aromatic nitrogens is 3. The average molecular weight is 961 g/mol. The molecule has 18 nitrogen and oxygen atoms in total. The molecule has 5 saturated heterocycles. The fourth-order valence-electron chi connectivity index (χ4n) is 11.0. The molecule has 20 heteroatoms. The number of carbonyl (C=O) groups is 6. The molecule has 0 spiro atoms. The number of benzene rings is 3. The van der Waals surface area contributed by atoms with Crippen molar-refractivity contribution >= 4 is 80.8 Å². The molecule has 11 rings (SSSR count). The minimum absolute atomic E-state index is 0.0323. The maximum Gasteiger partial charge on any atom is 0.319 e. The van der Waals surface area contributed by atoms with E-state index in [2.05, 4.69) is 42.7 Å². The summed E-state index contributed by atoms with van der Waals surface area (Å²) in [6, 6.07) is 15.8. The van der Waals surface area contributed by atoms with Crippen LogP contribution in [0, 0.1) is 11.7 Å². The van der Waals surface area contributed by atoms with Gasteiger partial charge >= 0.3 is 6.01 Å². The first-order chi connectivity index (χ1) is 33.4. The topological polar surface area (TPSA) is 220 Å². The highest BCUT2D eigenvalue weighted by Gasteiger charge is 2.45. The molecule has 5 fully saturated rings. The van der Waals surface area contributed by atoms with Gasteiger partial charge in [-0.3, -0.25) is 53.8 Å². The predicted octanol–water partition coefficient (Wildman–Crippen LogP) is 4.48. The largest absolute Gasteiger partial charge is 0.483 e. The number of likely N-dealkylation sites (N-methyl/N-ethyl adjacent to an activating group) is 1. The molecule has 358 valence electrons. The number of halogens is 2. The number of imide groups is 2. The van der Waals surface area contributed by atoms with Gasteiger partial charge in [-0.15, -0.1) is 0 Å². The Morgan fingerprint density at radius 1 is 0.942 bits per heavy atom. The molecule has 69 heavy (non-hydrogen) atoms. The number of nitrogens with zero attached hydrogens (tertiary/aromatic N) is 7. The van der Waals surface area contributed by atoms with Crippen LogP contribution in [-0.2, 0) is 19.2 Å². The van der Waals surface area contributed by atoms with Crippen LogP contribution in [0.15, 0.2) is 60.8 Å². The standard InChI is InChI=1S/C48H48ClFN10O6.CH2O2/c1-57-23-30(58-16-14-26(15-17-58)44(62)53-27-10-11-32-34(18-27)47(65)60(46(32)64)37-12-13-38(61)54-45(37)63)19-31(57)24-66-48-55-42-35(43(56-48)59-21-28-8-9-29(22-59)52-28)20-51-41(40(42)50)33-6-2-4-25-5-3-7-36(49)39(25)33;2-1-3/h2-7,10-11,18,20,26,28-31,37,52H,8-9,12-17,19,21-24H2,1H3,(H,53,62)(H,54,61,63);1H,(H,2,3)/t28?,29?,30-,31-,37?;/m0./s1. The lowest BCUT2D eigenvalue weighted by Gasteiger charge is -2.35. The number of ether oxygens (including phenoxy) is 1. The third kappa shape index (κ3) is 8.83. The van der Waals surface area contributed by atoms with E-state index in [1.165, 1.54) is 12.1 Å². The molecule has 0 radical (unpaired) electrons. The first-order valence-electron chi connectivity index (χ1n) is 23.2. The number of piperidine rings is 2. The van der Waals surface area contributed by atoms with E-state index in [1.807, 2.05) is 30.3 Å². The van der Waals surface area contributed by atoms with Crippen molar-refractivity contribution in [2.45, 2.75) is 75.2 Å². The molecule has 3 aromatic carbocycles. The Morgan fingerprint density at radius 3 is 2.41 bits per heavy atom. The number of piperazine rings is 1. The van der Waals surface area contributed by atoms with E-state index in [0.717, 1.165) is 67.7 Å². The van der Waals surface area contributed by atoms with E-state index < -0.39 is 35.5 Å². The number of hydrogen-bond acceptors (Lipinski definition) is 14. The number of anilines is 2. The maximum absolute atomic E-state index is 17.0. The van der Waals surface area contributed by atoms with Gasteiger partial charge in [-0.05, 0) is 88.3 Å². The molecule has 6 aliphatic heterocycles. The molecule has 0 saturated carbocycles. The van der Waals surface area contributed by atoms with Gasteiger partial charge in [0.1, 0.15) is 29.7 Å². The Balaban J connectivity index is 0.00000180. The SMILES string of the molecule is CN1C[C@@H](N2CCC(C(=O)Nc3ccc4c(c3)C(=O)N(C3CCC(=O)NC3=O)C4=O)CC2)C[C@H]1COc1nc(N2CC3CCC(C2)N3)c2cnc(-c3cccc4cccc(Cl)c34)c(F)c2n1.O=CO. The van der Waals surface area contributed by atoms with Crippen molar-refractivity contribution in [1.29, 1.82) is 0 Å². The van der Waals surface area contributed by atoms with Crippen LogP contribution in [0.25, 0.3) is 32.9 Å². The third-order valence-corrected chi connectivity index (χ3v) is 14.8. The molecule has 2 bridgehead atoms. The molecule has 0 aliphatic carbocycles. The van der Waals surface area contributed by atoms with E-state index in [9.17, 15) is 24.0 Å². The average Bonchev–Trinajstić information content (AvgIpc) is 3.97. The second-order valence-electron chi connectivity index (χ2n) is 18.6. The number of hydrogen-bond donors (Lipinski definition) is 4. The van der Waals surface area contributed by atoms with Gasteiger partial charge in [0.2, 0.25) is 17.7 Å². The Hall–Kier alpha value is -6.67.